The fourth-order valence-electron chi connectivity index (χ4n) is 5.17. The predicted molar refractivity (Wildman–Crippen MR) is 135 cm³/mol. The number of nitrogens with one attached hydrogen (secondary N) is 1. The van der Waals surface area contributed by atoms with Crippen molar-refractivity contribution in [3.8, 4) is 11.5 Å². The summed E-state index contributed by atoms with van der Waals surface area (Å²) in [7, 11) is 0. The Labute approximate surface area is 213 Å². The molecule has 0 aromatic heterocycles. The fourth-order valence-corrected chi connectivity index (χ4v) is 5.17. The van der Waals surface area contributed by atoms with Gasteiger partial charge in [-0.3, -0.25) is 24.6 Å². The van der Waals surface area contributed by atoms with Gasteiger partial charge in [0.05, 0.1) is 18.4 Å². The summed E-state index contributed by atoms with van der Waals surface area (Å²) >= 11 is 0. The number of hydrogen-bond acceptors (Lipinski definition) is 6. The summed E-state index contributed by atoms with van der Waals surface area (Å²) in [5.41, 5.74) is -0.441. The Bertz CT molecular complexity index is 1330. The van der Waals surface area contributed by atoms with Crippen molar-refractivity contribution < 1.29 is 29.3 Å². The van der Waals surface area contributed by atoms with Gasteiger partial charge in [-0.05, 0) is 35.4 Å². The molecule has 0 aliphatic carbocycles. The number of fused-ring (bicyclic) bond motifs is 1. The van der Waals surface area contributed by atoms with Gasteiger partial charge >= 0.3 is 5.97 Å². The largest absolute Gasteiger partial charge is 0.480 e. The van der Waals surface area contributed by atoms with E-state index in [1.165, 1.54) is 0 Å². The molecule has 2 aliphatic heterocycles. The Morgan fingerprint density at radius 2 is 1.54 bits per heavy atom. The first kappa shape index (κ1) is 24.4. The minimum absolute atomic E-state index is 0.0112. The molecule has 188 valence electrons. The number of carboxylic acids is 1. The Morgan fingerprint density at radius 3 is 2.16 bits per heavy atom. The second-order valence-electron chi connectivity index (χ2n) is 9.14. The standard InChI is InChI=1S/C29H26N2O6/c32-18-29(28(35)36)24-23(26(33)31(27(24)34)17-7-10-19-8-3-1-4-9-19)25(30-29)20-13-15-22(16-14-20)37-21-11-5-2-6-12-21/h1-16,23-25,30,32H,17-18H2,(H,35,36)/b10-7+. The van der Waals surface area contributed by atoms with Crippen LogP contribution in [-0.4, -0.2) is 51.6 Å². The number of aliphatic hydroxyl groups is 1. The highest BCUT2D eigenvalue weighted by molar-refractivity contribution is 6.09. The predicted octanol–water partition coefficient (Wildman–Crippen LogP) is 3.25. The number of amides is 2. The highest BCUT2D eigenvalue weighted by Crippen LogP contribution is 2.49. The van der Waals surface area contributed by atoms with E-state index < -0.39 is 47.8 Å². The Hall–Kier alpha value is -4.27. The van der Waals surface area contributed by atoms with Crippen LogP contribution in [0, 0.1) is 11.8 Å². The first-order valence-corrected chi connectivity index (χ1v) is 12.0. The Morgan fingerprint density at radius 1 is 0.919 bits per heavy atom. The van der Waals surface area contributed by atoms with E-state index in [4.69, 9.17) is 4.74 Å². The smallest absolute Gasteiger partial charge is 0.327 e. The maximum Gasteiger partial charge on any atom is 0.327 e. The van der Waals surface area contributed by atoms with Gasteiger partial charge in [-0.2, -0.15) is 0 Å². The van der Waals surface area contributed by atoms with E-state index in [1.807, 2.05) is 60.7 Å². The number of carbonyl (C=O) groups is 3. The van der Waals surface area contributed by atoms with Gasteiger partial charge in [0.2, 0.25) is 11.8 Å². The number of likely N-dealkylation sites (tertiary alicyclic amines) is 1. The molecule has 2 fully saturated rings. The van der Waals surface area contributed by atoms with Gasteiger partial charge in [0.25, 0.3) is 0 Å². The topological polar surface area (TPSA) is 116 Å². The molecule has 0 bridgehead atoms. The molecule has 2 amide bonds. The number of hydrogen-bond donors (Lipinski definition) is 3. The number of imide groups is 1. The molecule has 2 aliphatic rings. The summed E-state index contributed by atoms with van der Waals surface area (Å²) in [6, 6.07) is 24.8. The molecule has 37 heavy (non-hydrogen) atoms. The number of carboxylic acid groups (broad SMARTS) is 1. The molecule has 4 unspecified atom stereocenters. The number of para-hydroxylation sites is 1. The van der Waals surface area contributed by atoms with Crippen molar-refractivity contribution in [2.24, 2.45) is 11.8 Å². The molecule has 0 spiro atoms. The second-order valence-corrected chi connectivity index (χ2v) is 9.14. The molecule has 0 radical (unpaired) electrons. The van der Waals surface area contributed by atoms with Gasteiger partial charge in [-0.1, -0.05) is 72.8 Å². The van der Waals surface area contributed by atoms with E-state index in [1.54, 1.807) is 36.4 Å². The van der Waals surface area contributed by atoms with Crippen molar-refractivity contribution in [2.45, 2.75) is 11.6 Å². The second kappa shape index (κ2) is 10.0. The molecule has 0 saturated carbocycles. The number of rotatable bonds is 8. The molecule has 8 nitrogen and oxygen atoms in total. The number of aliphatic carboxylic acids is 1. The quantitative estimate of drug-likeness (QED) is 0.408. The van der Waals surface area contributed by atoms with Crippen LogP contribution in [0.2, 0.25) is 0 Å². The Balaban J connectivity index is 1.42. The average molecular weight is 499 g/mol. The zero-order chi connectivity index (χ0) is 26.0. The number of benzene rings is 3. The van der Waals surface area contributed by atoms with E-state index in [0.717, 1.165) is 10.5 Å². The van der Waals surface area contributed by atoms with E-state index in [2.05, 4.69) is 5.32 Å². The van der Waals surface area contributed by atoms with E-state index in [0.29, 0.717) is 17.1 Å². The Kier molecular flexibility index (Phi) is 6.60. The van der Waals surface area contributed by atoms with E-state index in [9.17, 15) is 24.6 Å². The summed E-state index contributed by atoms with van der Waals surface area (Å²) in [4.78, 5) is 40.3. The lowest BCUT2D eigenvalue weighted by Crippen LogP contribution is -2.58. The van der Waals surface area contributed by atoms with Gasteiger partial charge in [0.15, 0.2) is 5.54 Å². The molecule has 4 atom stereocenters. The number of ether oxygens (including phenoxy) is 1. The van der Waals surface area contributed by atoms with Crippen LogP contribution in [-0.2, 0) is 14.4 Å². The molecule has 3 aromatic carbocycles. The zero-order valence-electron chi connectivity index (χ0n) is 19.9. The van der Waals surface area contributed by atoms with Crippen LogP contribution in [0.5, 0.6) is 11.5 Å². The molecular formula is C29H26N2O6. The molecule has 5 rings (SSSR count). The van der Waals surface area contributed by atoms with Crippen LogP contribution in [0.4, 0.5) is 0 Å². The van der Waals surface area contributed by atoms with Crippen LogP contribution >= 0.6 is 0 Å². The third-order valence-corrected chi connectivity index (χ3v) is 6.99. The highest BCUT2D eigenvalue weighted by atomic mass is 16.5. The third-order valence-electron chi connectivity index (χ3n) is 6.99. The minimum atomic E-state index is -1.97. The summed E-state index contributed by atoms with van der Waals surface area (Å²) in [6.07, 6.45) is 3.50. The lowest BCUT2D eigenvalue weighted by molar-refractivity contribution is -0.153. The van der Waals surface area contributed by atoms with Crippen molar-refractivity contribution >= 4 is 23.9 Å². The van der Waals surface area contributed by atoms with Crippen LogP contribution in [0.15, 0.2) is 91.0 Å². The summed E-state index contributed by atoms with van der Waals surface area (Å²) in [5, 5.41) is 23.2. The van der Waals surface area contributed by atoms with Crippen molar-refractivity contribution in [1.29, 1.82) is 0 Å². The normalized spacial score (nSPS) is 25.0. The molecule has 2 saturated heterocycles. The van der Waals surface area contributed by atoms with Crippen LogP contribution in [0.1, 0.15) is 17.2 Å². The van der Waals surface area contributed by atoms with Crippen LogP contribution in [0.3, 0.4) is 0 Å². The first-order valence-electron chi connectivity index (χ1n) is 12.0. The molecule has 8 heteroatoms. The minimum Gasteiger partial charge on any atom is -0.480 e. The molecule has 2 heterocycles. The van der Waals surface area contributed by atoms with E-state index in [-0.39, 0.29) is 6.54 Å². The van der Waals surface area contributed by atoms with Gasteiger partial charge < -0.3 is 14.9 Å². The molecule has 3 N–H and O–H groups in total. The number of nitrogens with zero attached hydrogens (tertiary/aromatic N) is 1. The number of carbonyl (C=O) groups excluding carboxylic acids is 2. The van der Waals surface area contributed by atoms with Gasteiger partial charge in [0, 0.05) is 12.6 Å². The molecular weight excluding hydrogens is 472 g/mol. The molecule has 3 aromatic rings. The summed E-state index contributed by atoms with van der Waals surface area (Å²) in [6.45, 7) is -0.820. The van der Waals surface area contributed by atoms with Crippen molar-refractivity contribution in [3.63, 3.8) is 0 Å². The van der Waals surface area contributed by atoms with Gasteiger partial charge in [-0.25, -0.2) is 0 Å². The van der Waals surface area contributed by atoms with Gasteiger partial charge in [-0.15, -0.1) is 0 Å². The SMILES string of the molecule is O=C1C2C(c3ccc(Oc4ccccc4)cc3)NC(CO)(C(=O)O)C2C(=O)N1C/C=C/c1ccccc1. The lowest BCUT2D eigenvalue weighted by Gasteiger charge is -2.29. The van der Waals surface area contributed by atoms with Crippen molar-refractivity contribution in [3.05, 3.63) is 102 Å². The monoisotopic (exact) mass is 498 g/mol. The third kappa shape index (κ3) is 4.41. The van der Waals surface area contributed by atoms with Crippen molar-refractivity contribution in [2.75, 3.05) is 13.2 Å². The zero-order valence-corrected chi connectivity index (χ0v) is 19.9. The van der Waals surface area contributed by atoms with Crippen LogP contribution < -0.4 is 10.1 Å². The lowest BCUT2D eigenvalue weighted by atomic mass is 9.79. The van der Waals surface area contributed by atoms with Gasteiger partial charge in [0.1, 0.15) is 11.5 Å². The van der Waals surface area contributed by atoms with E-state index >= 15 is 0 Å². The summed E-state index contributed by atoms with van der Waals surface area (Å²) < 4.78 is 5.83. The van der Waals surface area contributed by atoms with Crippen molar-refractivity contribution in [1.82, 2.24) is 10.2 Å². The average Bonchev–Trinajstić information content (AvgIpc) is 3.40. The first-order chi connectivity index (χ1) is 17.9. The summed E-state index contributed by atoms with van der Waals surface area (Å²) in [5.74, 6) is -3.43. The maximum atomic E-state index is 13.5. The highest BCUT2D eigenvalue weighted by Gasteiger charge is 2.68. The fraction of sp³-hybridized carbons (Fsp3) is 0.207. The van der Waals surface area contributed by atoms with Crippen LogP contribution in [0.25, 0.3) is 6.08 Å². The maximum absolute atomic E-state index is 13.5. The number of aliphatic hydroxyl groups excluding tert-OH is 1.